The lowest BCUT2D eigenvalue weighted by Crippen LogP contribution is -1.98. The number of halogens is 1. The maximum Gasteiger partial charge on any atom is 0.335 e. The van der Waals surface area contributed by atoms with Crippen LogP contribution >= 0.6 is 0 Å². The van der Waals surface area contributed by atoms with Crippen molar-refractivity contribution in [2.45, 2.75) is 0 Å². The predicted molar refractivity (Wildman–Crippen MR) is 63.1 cm³/mol. The maximum atomic E-state index is 13.1. The van der Waals surface area contributed by atoms with Gasteiger partial charge in [0.25, 0.3) is 0 Å². The number of hydrogen-bond acceptors (Lipinski definition) is 3. The zero-order chi connectivity index (χ0) is 13.1. The van der Waals surface area contributed by atoms with E-state index in [9.17, 15) is 9.18 Å². The summed E-state index contributed by atoms with van der Waals surface area (Å²) in [5.74, 6) is -1.08. The first-order valence-corrected chi connectivity index (χ1v) is 5.14. The fourth-order valence-electron chi connectivity index (χ4n) is 1.63. The topological polar surface area (TPSA) is 59.4 Å². The molecule has 1 N–H and O–H groups in total. The molecular weight excluding hydrogens is 237 g/mol. The van der Waals surface area contributed by atoms with Gasteiger partial charge in [-0.05, 0) is 24.3 Å². The Bertz CT molecular complexity index is 599. The van der Waals surface area contributed by atoms with Crippen molar-refractivity contribution in [3.05, 3.63) is 48.0 Å². The van der Waals surface area contributed by atoms with Gasteiger partial charge in [-0.3, -0.25) is 4.98 Å². The van der Waals surface area contributed by atoms with Crippen LogP contribution in [0, 0.1) is 5.82 Å². The van der Waals surface area contributed by atoms with E-state index >= 15 is 0 Å². The Hall–Kier alpha value is -2.43. The molecule has 0 saturated heterocycles. The third-order valence-electron chi connectivity index (χ3n) is 2.46. The highest BCUT2D eigenvalue weighted by Crippen LogP contribution is 2.30. The number of benzene rings is 1. The van der Waals surface area contributed by atoms with Crippen LogP contribution in [0.3, 0.4) is 0 Å². The summed E-state index contributed by atoms with van der Waals surface area (Å²) < 4.78 is 18.3. The summed E-state index contributed by atoms with van der Waals surface area (Å²) in [5, 5.41) is 8.94. The van der Waals surface area contributed by atoms with E-state index < -0.39 is 11.8 Å². The molecule has 0 aliphatic carbocycles. The van der Waals surface area contributed by atoms with E-state index in [0.717, 1.165) is 6.20 Å². The molecule has 4 nitrogen and oxygen atoms in total. The van der Waals surface area contributed by atoms with Crippen LogP contribution in [-0.2, 0) is 0 Å². The van der Waals surface area contributed by atoms with Crippen molar-refractivity contribution in [1.82, 2.24) is 4.98 Å². The van der Waals surface area contributed by atoms with E-state index in [4.69, 9.17) is 9.84 Å². The fourth-order valence-corrected chi connectivity index (χ4v) is 1.63. The largest absolute Gasteiger partial charge is 0.496 e. The van der Waals surface area contributed by atoms with Gasteiger partial charge in [-0.15, -0.1) is 0 Å². The fraction of sp³-hybridized carbons (Fsp3) is 0.0769. The molecular formula is C13H10FNO3. The van der Waals surface area contributed by atoms with E-state index in [0.29, 0.717) is 16.9 Å². The van der Waals surface area contributed by atoms with Gasteiger partial charge in [-0.25, -0.2) is 9.18 Å². The molecule has 0 atom stereocenters. The van der Waals surface area contributed by atoms with Crippen LogP contribution in [0.4, 0.5) is 4.39 Å². The Balaban J connectivity index is 2.60. The molecule has 2 rings (SSSR count). The van der Waals surface area contributed by atoms with Crippen molar-refractivity contribution < 1.29 is 19.0 Å². The van der Waals surface area contributed by atoms with Crippen molar-refractivity contribution in [2.24, 2.45) is 0 Å². The number of aromatic nitrogens is 1. The van der Waals surface area contributed by atoms with Gasteiger partial charge < -0.3 is 9.84 Å². The molecule has 1 aromatic carbocycles. The summed E-state index contributed by atoms with van der Waals surface area (Å²) in [7, 11) is 1.46. The molecule has 0 amide bonds. The Morgan fingerprint density at radius 1 is 1.33 bits per heavy atom. The summed E-state index contributed by atoms with van der Waals surface area (Å²) in [6.45, 7) is 0. The third kappa shape index (κ3) is 2.29. The molecule has 0 saturated carbocycles. The second kappa shape index (κ2) is 4.83. The van der Waals surface area contributed by atoms with Crippen LogP contribution in [0.15, 0.2) is 36.7 Å². The van der Waals surface area contributed by atoms with E-state index in [2.05, 4.69) is 4.98 Å². The van der Waals surface area contributed by atoms with E-state index in [1.165, 1.54) is 37.6 Å². The van der Waals surface area contributed by atoms with Crippen LogP contribution in [0.2, 0.25) is 0 Å². The minimum Gasteiger partial charge on any atom is -0.496 e. The number of nitrogens with zero attached hydrogens (tertiary/aromatic N) is 1. The van der Waals surface area contributed by atoms with E-state index in [1.807, 2.05) is 0 Å². The van der Waals surface area contributed by atoms with Crippen molar-refractivity contribution >= 4 is 5.97 Å². The quantitative estimate of drug-likeness (QED) is 0.905. The molecule has 0 radical (unpaired) electrons. The SMILES string of the molecule is COc1ccc(C(=O)O)cc1-c1cncc(F)c1. The Morgan fingerprint density at radius 2 is 2.11 bits per heavy atom. The normalized spacial score (nSPS) is 10.1. The summed E-state index contributed by atoms with van der Waals surface area (Å²) in [6.07, 6.45) is 2.53. The lowest BCUT2D eigenvalue weighted by atomic mass is 10.0. The molecule has 0 bridgehead atoms. The van der Waals surface area contributed by atoms with Crippen LogP contribution in [0.25, 0.3) is 11.1 Å². The lowest BCUT2D eigenvalue weighted by molar-refractivity contribution is 0.0697. The molecule has 18 heavy (non-hydrogen) atoms. The molecule has 2 aromatic rings. The highest BCUT2D eigenvalue weighted by atomic mass is 19.1. The Labute approximate surface area is 103 Å². The molecule has 5 heteroatoms. The number of ether oxygens (including phenoxy) is 1. The molecule has 1 heterocycles. The van der Waals surface area contributed by atoms with Crippen molar-refractivity contribution in [3.8, 4) is 16.9 Å². The highest BCUT2D eigenvalue weighted by molar-refractivity contribution is 5.90. The number of hydrogen-bond donors (Lipinski definition) is 1. The zero-order valence-electron chi connectivity index (χ0n) is 9.55. The number of carboxylic acids is 1. The highest BCUT2D eigenvalue weighted by Gasteiger charge is 2.11. The molecule has 0 unspecified atom stereocenters. The van der Waals surface area contributed by atoms with Crippen LogP contribution in [0.5, 0.6) is 5.75 Å². The number of carboxylic acid groups (broad SMARTS) is 1. The van der Waals surface area contributed by atoms with E-state index in [-0.39, 0.29) is 5.56 Å². The van der Waals surface area contributed by atoms with Gasteiger partial charge in [-0.2, -0.15) is 0 Å². The predicted octanol–water partition coefficient (Wildman–Crippen LogP) is 2.59. The zero-order valence-corrected chi connectivity index (χ0v) is 9.55. The number of rotatable bonds is 3. The van der Waals surface area contributed by atoms with Crippen molar-refractivity contribution in [2.75, 3.05) is 7.11 Å². The van der Waals surface area contributed by atoms with Crippen LogP contribution in [0.1, 0.15) is 10.4 Å². The first-order chi connectivity index (χ1) is 8.61. The van der Waals surface area contributed by atoms with Gasteiger partial charge in [0.2, 0.25) is 0 Å². The second-order valence-electron chi connectivity index (χ2n) is 3.61. The number of aromatic carboxylic acids is 1. The molecule has 1 aromatic heterocycles. The molecule has 0 aliphatic rings. The summed E-state index contributed by atoms with van der Waals surface area (Å²) >= 11 is 0. The third-order valence-corrected chi connectivity index (χ3v) is 2.46. The van der Waals surface area contributed by atoms with Gasteiger partial charge in [0, 0.05) is 17.3 Å². The average molecular weight is 247 g/mol. The van der Waals surface area contributed by atoms with Gasteiger partial charge in [-0.1, -0.05) is 0 Å². The van der Waals surface area contributed by atoms with Crippen LogP contribution in [-0.4, -0.2) is 23.2 Å². The van der Waals surface area contributed by atoms with Crippen molar-refractivity contribution in [1.29, 1.82) is 0 Å². The molecule has 0 spiro atoms. The maximum absolute atomic E-state index is 13.1. The monoisotopic (exact) mass is 247 g/mol. The minimum absolute atomic E-state index is 0.107. The number of carbonyl (C=O) groups is 1. The van der Waals surface area contributed by atoms with Crippen LogP contribution < -0.4 is 4.74 Å². The first-order valence-electron chi connectivity index (χ1n) is 5.14. The first kappa shape index (κ1) is 12.0. The molecule has 0 aliphatic heterocycles. The summed E-state index contributed by atoms with van der Waals surface area (Å²) in [4.78, 5) is 14.7. The van der Waals surface area contributed by atoms with Gasteiger partial charge in [0.15, 0.2) is 0 Å². The molecule has 92 valence electrons. The minimum atomic E-state index is -1.05. The average Bonchev–Trinajstić information content (AvgIpc) is 2.38. The van der Waals surface area contributed by atoms with Gasteiger partial charge in [0.1, 0.15) is 11.6 Å². The number of methoxy groups -OCH3 is 1. The smallest absolute Gasteiger partial charge is 0.335 e. The van der Waals surface area contributed by atoms with E-state index in [1.54, 1.807) is 0 Å². The van der Waals surface area contributed by atoms with Crippen molar-refractivity contribution in [3.63, 3.8) is 0 Å². The summed E-state index contributed by atoms with van der Waals surface area (Å²) in [6, 6.07) is 5.66. The Morgan fingerprint density at radius 3 is 2.72 bits per heavy atom. The second-order valence-corrected chi connectivity index (χ2v) is 3.61. The standard InChI is InChI=1S/C13H10FNO3/c1-18-12-3-2-8(13(16)17)5-11(12)9-4-10(14)7-15-6-9/h2-7H,1H3,(H,16,17). The lowest BCUT2D eigenvalue weighted by Gasteiger charge is -2.09. The number of pyridine rings is 1. The van der Waals surface area contributed by atoms with Gasteiger partial charge >= 0.3 is 5.97 Å². The van der Waals surface area contributed by atoms with Gasteiger partial charge in [0.05, 0.1) is 18.9 Å². The molecule has 0 fully saturated rings. The summed E-state index contributed by atoms with van der Waals surface area (Å²) in [5.41, 5.74) is 1.06. The Kier molecular flexibility index (Phi) is 3.23.